The molecule has 0 aromatic rings. The first kappa shape index (κ1) is 9.74. The molecular formula is C10H20. The highest BCUT2D eigenvalue weighted by molar-refractivity contribution is 5.12. The first-order chi connectivity index (χ1) is 4.63. The molecule has 0 aliphatic rings. The smallest absolute Gasteiger partial charge is 0.0260 e. The van der Waals surface area contributed by atoms with Crippen molar-refractivity contribution >= 4 is 0 Å². The van der Waals surface area contributed by atoms with Gasteiger partial charge in [-0.3, -0.25) is 0 Å². The van der Waals surface area contributed by atoms with Crippen LogP contribution in [-0.2, 0) is 0 Å². The van der Waals surface area contributed by atoms with Gasteiger partial charge in [0.05, 0.1) is 0 Å². The maximum absolute atomic E-state index is 2.26. The molecule has 0 N–H and O–H groups in total. The second-order valence-corrected chi connectivity index (χ2v) is 3.15. The predicted molar refractivity (Wildman–Crippen MR) is 48.1 cm³/mol. The van der Waals surface area contributed by atoms with Crippen LogP contribution in [0.2, 0.25) is 0 Å². The summed E-state index contributed by atoms with van der Waals surface area (Å²) in [5.74, 6) is 0.731. The second-order valence-electron chi connectivity index (χ2n) is 3.15. The van der Waals surface area contributed by atoms with Crippen molar-refractivity contribution in [2.45, 2.75) is 47.5 Å². The average Bonchev–Trinajstić information content (AvgIpc) is 1.90. The van der Waals surface area contributed by atoms with Gasteiger partial charge in [-0.25, -0.2) is 0 Å². The van der Waals surface area contributed by atoms with Crippen LogP contribution >= 0.6 is 0 Å². The number of allylic oxidation sites excluding steroid dienone is 2. The summed E-state index contributed by atoms with van der Waals surface area (Å²) in [6.07, 6.45) is 2.45. The Balaban J connectivity index is 4.27. The third-order valence-electron chi connectivity index (χ3n) is 2.28. The normalized spacial score (nSPS) is 10.2. The zero-order valence-electron chi connectivity index (χ0n) is 7.99. The summed E-state index contributed by atoms with van der Waals surface area (Å²) in [6.45, 7) is 11.3. The van der Waals surface area contributed by atoms with Crippen LogP contribution in [0.4, 0.5) is 0 Å². The van der Waals surface area contributed by atoms with Gasteiger partial charge in [-0.05, 0) is 25.7 Å². The van der Waals surface area contributed by atoms with Gasteiger partial charge in [0, 0.05) is 0 Å². The van der Waals surface area contributed by atoms with Gasteiger partial charge in [0.15, 0.2) is 0 Å². The molecule has 0 atom stereocenters. The number of rotatable bonds is 3. The van der Waals surface area contributed by atoms with Gasteiger partial charge >= 0.3 is 0 Å². The summed E-state index contributed by atoms with van der Waals surface area (Å²) in [4.78, 5) is 0. The lowest BCUT2D eigenvalue weighted by molar-refractivity contribution is 0.736. The Bertz CT molecular complexity index is 112. The van der Waals surface area contributed by atoms with Gasteiger partial charge in [-0.2, -0.15) is 0 Å². The predicted octanol–water partition coefficient (Wildman–Crippen LogP) is 3.78. The van der Waals surface area contributed by atoms with E-state index in [0.29, 0.717) is 0 Å². The van der Waals surface area contributed by atoms with Gasteiger partial charge in [-0.15, -0.1) is 0 Å². The standard InChI is InChI=1S/C10H20/c1-6-10(7-2)9(5)8(3)4/h8H,6-7H2,1-5H3. The van der Waals surface area contributed by atoms with Gasteiger partial charge in [0.2, 0.25) is 0 Å². The van der Waals surface area contributed by atoms with E-state index >= 15 is 0 Å². The van der Waals surface area contributed by atoms with E-state index in [2.05, 4.69) is 34.6 Å². The molecule has 0 unspecified atom stereocenters. The zero-order chi connectivity index (χ0) is 8.15. The van der Waals surface area contributed by atoms with Gasteiger partial charge in [0.25, 0.3) is 0 Å². The van der Waals surface area contributed by atoms with E-state index in [9.17, 15) is 0 Å². The SMILES string of the molecule is CCC(CC)=C(C)C(C)C. The first-order valence-corrected chi connectivity index (χ1v) is 4.31. The van der Waals surface area contributed by atoms with Crippen LogP contribution < -0.4 is 0 Å². The molecule has 0 saturated heterocycles. The van der Waals surface area contributed by atoms with Crippen LogP contribution in [0.15, 0.2) is 11.1 Å². The van der Waals surface area contributed by atoms with Gasteiger partial charge in [0.1, 0.15) is 0 Å². The fourth-order valence-electron chi connectivity index (χ4n) is 1.22. The minimum absolute atomic E-state index is 0.731. The fraction of sp³-hybridized carbons (Fsp3) is 0.800. The van der Waals surface area contributed by atoms with Crippen molar-refractivity contribution in [3.63, 3.8) is 0 Å². The van der Waals surface area contributed by atoms with Gasteiger partial charge < -0.3 is 0 Å². The first-order valence-electron chi connectivity index (χ1n) is 4.31. The Morgan fingerprint density at radius 2 is 1.50 bits per heavy atom. The molecular weight excluding hydrogens is 120 g/mol. The molecule has 0 rings (SSSR count). The zero-order valence-corrected chi connectivity index (χ0v) is 7.99. The molecule has 0 heterocycles. The van der Waals surface area contributed by atoms with Crippen LogP contribution in [0.25, 0.3) is 0 Å². The van der Waals surface area contributed by atoms with Crippen LogP contribution in [0.5, 0.6) is 0 Å². The monoisotopic (exact) mass is 140 g/mol. The highest BCUT2D eigenvalue weighted by atomic mass is 14.1. The summed E-state index contributed by atoms with van der Waals surface area (Å²) in [7, 11) is 0. The molecule has 0 saturated carbocycles. The summed E-state index contributed by atoms with van der Waals surface area (Å²) < 4.78 is 0. The molecule has 0 aliphatic carbocycles. The third kappa shape index (κ3) is 2.55. The quantitative estimate of drug-likeness (QED) is 0.523. The van der Waals surface area contributed by atoms with Crippen molar-refractivity contribution < 1.29 is 0 Å². The van der Waals surface area contributed by atoms with Crippen LogP contribution in [0.3, 0.4) is 0 Å². The van der Waals surface area contributed by atoms with E-state index in [-0.39, 0.29) is 0 Å². The van der Waals surface area contributed by atoms with Crippen LogP contribution in [0, 0.1) is 5.92 Å². The Kier molecular flexibility index (Phi) is 4.42. The molecule has 0 spiro atoms. The molecule has 60 valence electrons. The summed E-state index contributed by atoms with van der Waals surface area (Å²) in [5, 5.41) is 0. The molecule has 0 fully saturated rings. The van der Waals surface area contributed by atoms with E-state index in [1.165, 1.54) is 12.8 Å². The summed E-state index contributed by atoms with van der Waals surface area (Å²) >= 11 is 0. The number of hydrogen-bond acceptors (Lipinski definition) is 0. The average molecular weight is 140 g/mol. The van der Waals surface area contributed by atoms with E-state index in [4.69, 9.17) is 0 Å². The van der Waals surface area contributed by atoms with Crippen molar-refractivity contribution in [3.8, 4) is 0 Å². The van der Waals surface area contributed by atoms with E-state index in [0.717, 1.165) is 5.92 Å². The van der Waals surface area contributed by atoms with Crippen LogP contribution in [0.1, 0.15) is 47.5 Å². The molecule has 0 amide bonds. The lowest BCUT2D eigenvalue weighted by Gasteiger charge is -2.11. The lowest BCUT2D eigenvalue weighted by atomic mass is 9.96. The molecule has 0 radical (unpaired) electrons. The van der Waals surface area contributed by atoms with E-state index in [1.807, 2.05) is 0 Å². The molecule has 0 heteroatoms. The van der Waals surface area contributed by atoms with Crippen molar-refractivity contribution in [3.05, 3.63) is 11.1 Å². The molecule has 10 heavy (non-hydrogen) atoms. The van der Waals surface area contributed by atoms with Crippen molar-refractivity contribution in [1.82, 2.24) is 0 Å². The van der Waals surface area contributed by atoms with E-state index < -0.39 is 0 Å². The summed E-state index contributed by atoms with van der Waals surface area (Å²) in [6, 6.07) is 0. The molecule has 0 aromatic carbocycles. The lowest BCUT2D eigenvalue weighted by Crippen LogP contribution is -1.94. The Hall–Kier alpha value is -0.260. The minimum Gasteiger partial charge on any atom is -0.0716 e. The fourth-order valence-corrected chi connectivity index (χ4v) is 1.22. The largest absolute Gasteiger partial charge is 0.0716 e. The Morgan fingerprint density at radius 3 is 1.60 bits per heavy atom. The third-order valence-corrected chi connectivity index (χ3v) is 2.28. The minimum atomic E-state index is 0.731. The van der Waals surface area contributed by atoms with Crippen LogP contribution in [-0.4, -0.2) is 0 Å². The topological polar surface area (TPSA) is 0 Å². The maximum Gasteiger partial charge on any atom is -0.0260 e. The molecule has 0 aliphatic heterocycles. The second kappa shape index (κ2) is 4.54. The van der Waals surface area contributed by atoms with Crippen molar-refractivity contribution in [1.29, 1.82) is 0 Å². The van der Waals surface area contributed by atoms with Gasteiger partial charge in [-0.1, -0.05) is 38.8 Å². The molecule has 0 aromatic heterocycles. The molecule has 0 nitrogen and oxygen atoms in total. The number of hydrogen-bond donors (Lipinski definition) is 0. The summed E-state index contributed by atoms with van der Waals surface area (Å²) in [5.41, 5.74) is 3.22. The molecule has 0 bridgehead atoms. The van der Waals surface area contributed by atoms with Crippen molar-refractivity contribution in [2.24, 2.45) is 5.92 Å². The Morgan fingerprint density at radius 1 is 1.10 bits per heavy atom. The Labute approximate surface area is 65.3 Å². The highest BCUT2D eigenvalue weighted by Crippen LogP contribution is 2.18. The maximum atomic E-state index is 2.26. The van der Waals surface area contributed by atoms with E-state index in [1.54, 1.807) is 11.1 Å². The van der Waals surface area contributed by atoms with Crippen molar-refractivity contribution in [2.75, 3.05) is 0 Å². The highest BCUT2D eigenvalue weighted by Gasteiger charge is 2.01.